The first-order chi connectivity index (χ1) is 13.5. The van der Waals surface area contributed by atoms with Gasteiger partial charge in [-0.1, -0.05) is 42.1 Å². The van der Waals surface area contributed by atoms with Crippen molar-refractivity contribution in [1.82, 2.24) is 14.6 Å². The van der Waals surface area contributed by atoms with E-state index in [9.17, 15) is 13.2 Å². The number of hydrogen-bond acceptors (Lipinski definition) is 6. The minimum atomic E-state index is -3.55. The van der Waals surface area contributed by atoms with Gasteiger partial charge in [0.05, 0.1) is 30.0 Å². The Kier molecular flexibility index (Phi) is 7.06. The molecule has 1 aliphatic heterocycles. The number of carbonyl (C=O) groups is 1. The fourth-order valence-corrected chi connectivity index (χ4v) is 4.80. The van der Waals surface area contributed by atoms with Gasteiger partial charge >= 0.3 is 0 Å². The van der Waals surface area contributed by atoms with Crippen molar-refractivity contribution < 1.29 is 17.9 Å². The van der Waals surface area contributed by atoms with Gasteiger partial charge in [0, 0.05) is 19.3 Å². The molecule has 2 aromatic rings. The van der Waals surface area contributed by atoms with Crippen LogP contribution in [0.3, 0.4) is 0 Å². The van der Waals surface area contributed by atoms with Crippen LogP contribution in [0, 0.1) is 0 Å². The van der Waals surface area contributed by atoms with Gasteiger partial charge in [0.1, 0.15) is 4.90 Å². The molecule has 0 unspecified atom stereocenters. The topological polar surface area (TPSA) is 88.6 Å². The number of pyridine rings is 1. The highest BCUT2D eigenvalue weighted by Crippen LogP contribution is 2.21. The van der Waals surface area contributed by atoms with E-state index in [2.05, 4.69) is 10.3 Å². The number of amides is 1. The zero-order valence-electron chi connectivity index (χ0n) is 15.6. The summed E-state index contributed by atoms with van der Waals surface area (Å²) in [7, 11) is -3.55. The first kappa shape index (κ1) is 20.8. The third-order valence-electron chi connectivity index (χ3n) is 4.35. The number of carbonyl (C=O) groups excluding carboxylic acids is 1. The number of thioether (sulfide) groups is 1. The monoisotopic (exact) mass is 421 g/mol. The smallest absolute Gasteiger partial charge is 0.244 e. The number of hydrogen-bond donors (Lipinski definition) is 1. The van der Waals surface area contributed by atoms with Gasteiger partial charge in [-0.2, -0.15) is 4.31 Å². The minimum absolute atomic E-state index is 0.0803. The molecule has 0 spiro atoms. The van der Waals surface area contributed by atoms with E-state index in [0.717, 1.165) is 5.56 Å². The van der Waals surface area contributed by atoms with Gasteiger partial charge in [-0.05, 0) is 24.6 Å². The molecule has 0 bridgehead atoms. The molecule has 1 N–H and O–H groups in total. The molecule has 1 atom stereocenters. The van der Waals surface area contributed by atoms with Crippen LogP contribution in [0.4, 0.5) is 0 Å². The Labute approximate surface area is 169 Å². The Morgan fingerprint density at radius 1 is 1.21 bits per heavy atom. The molecule has 3 rings (SSSR count). The van der Waals surface area contributed by atoms with Gasteiger partial charge in [-0.3, -0.25) is 4.79 Å². The lowest BCUT2D eigenvalue weighted by Crippen LogP contribution is -2.40. The van der Waals surface area contributed by atoms with E-state index in [0.29, 0.717) is 31.3 Å². The molecule has 1 aromatic heterocycles. The Morgan fingerprint density at radius 3 is 2.57 bits per heavy atom. The SMILES string of the molecule is C[C@@H](NC(=O)CSc1ccc(S(=O)(=O)N2CCOCC2)cn1)c1ccccc1. The summed E-state index contributed by atoms with van der Waals surface area (Å²) in [5.74, 6) is 0.105. The summed E-state index contributed by atoms with van der Waals surface area (Å²) in [4.78, 5) is 16.5. The zero-order chi connectivity index (χ0) is 20.0. The number of ether oxygens (including phenoxy) is 1. The molecule has 28 heavy (non-hydrogen) atoms. The second kappa shape index (κ2) is 9.51. The molecule has 1 aromatic carbocycles. The maximum atomic E-state index is 12.6. The van der Waals surface area contributed by atoms with E-state index in [1.165, 1.54) is 28.3 Å². The van der Waals surface area contributed by atoms with Gasteiger partial charge in [-0.25, -0.2) is 13.4 Å². The van der Waals surface area contributed by atoms with Gasteiger partial charge in [0.15, 0.2) is 0 Å². The van der Waals surface area contributed by atoms with Gasteiger partial charge < -0.3 is 10.1 Å². The number of aromatic nitrogens is 1. The molecular formula is C19H23N3O4S2. The third-order valence-corrected chi connectivity index (χ3v) is 7.17. The van der Waals surface area contributed by atoms with Crippen LogP contribution in [0.25, 0.3) is 0 Å². The predicted molar refractivity (Wildman–Crippen MR) is 108 cm³/mol. The lowest BCUT2D eigenvalue weighted by Gasteiger charge is -2.25. The van der Waals surface area contributed by atoms with Crippen molar-refractivity contribution in [2.75, 3.05) is 32.1 Å². The molecule has 0 saturated carbocycles. The summed E-state index contributed by atoms with van der Waals surface area (Å²) in [6.45, 7) is 3.42. The van der Waals surface area contributed by atoms with Crippen LogP contribution in [0.1, 0.15) is 18.5 Å². The maximum absolute atomic E-state index is 12.6. The molecule has 1 fully saturated rings. The van der Waals surface area contributed by atoms with Gasteiger partial charge in [0.2, 0.25) is 15.9 Å². The van der Waals surface area contributed by atoms with Crippen molar-refractivity contribution in [3.8, 4) is 0 Å². The lowest BCUT2D eigenvalue weighted by atomic mass is 10.1. The number of rotatable bonds is 7. The molecule has 1 saturated heterocycles. The Hall–Kier alpha value is -1.94. The molecule has 2 heterocycles. The second-order valence-corrected chi connectivity index (χ2v) is 9.27. The average molecular weight is 422 g/mol. The summed E-state index contributed by atoms with van der Waals surface area (Å²) in [6, 6.07) is 12.8. The average Bonchev–Trinajstić information content (AvgIpc) is 2.74. The highest BCUT2D eigenvalue weighted by atomic mass is 32.2. The fraction of sp³-hybridized carbons (Fsp3) is 0.368. The molecule has 0 radical (unpaired) electrons. The Morgan fingerprint density at radius 2 is 1.93 bits per heavy atom. The van der Waals surface area contributed by atoms with Crippen LogP contribution in [-0.4, -0.2) is 55.7 Å². The predicted octanol–water partition coefficient (Wildman–Crippen LogP) is 2.07. The molecular weight excluding hydrogens is 398 g/mol. The summed E-state index contributed by atoms with van der Waals surface area (Å²) in [5, 5.41) is 3.54. The quantitative estimate of drug-likeness (QED) is 0.689. The van der Waals surface area contributed by atoms with Crippen LogP contribution in [0.15, 0.2) is 58.6 Å². The summed E-state index contributed by atoms with van der Waals surface area (Å²) < 4.78 is 31.8. The van der Waals surface area contributed by atoms with Crippen molar-refractivity contribution in [3.63, 3.8) is 0 Å². The highest BCUT2D eigenvalue weighted by molar-refractivity contribution is 7.99. The van der Waals surface area contributed by atoms with E-state index in [-0.39, 0.29) is 22.6 Å². The van der Waals surface area contributed by atoms with E-state index >= 15 is 0 Å². The molecule has 1 aliphatic rings. The zero-order valence-corrected chi connectivity index (χ0v) is 17.2. The lowest BCUT2D eigenvalue weighted by molar-refractivity contribution is -0.119. The van der Waals surface area contributed by atoms with Crippen molar-refractivity contribution in [2.24, 2.45) is 0 Å². The largest absolute Gasteiger partial charge is 0.379 e. The van der Waals surface area contributed by atoms with E-state index in [1.807, 2.05) is 37.3 Å². The van der Waals surface area contributed by atoms with Gasteiger partial charge in [0.25, 0.3) is 0 Å². The molecule has 1 amide bonds. The van der Waals surface area contributed by atoms with Crippen LogP contribution in [0.5, 0.6) is 0 Å². The number of sulfonamides is 1. The maximum Gasteiger partial charge on any atom is 0.244 e. The fourth-order valence-electron chi connectivity index (χ4n) is 2.79. The first-order valence-electron chi connectivity index (χ1n) is 8.98. The Bertz CT molecular complexity index is 883. The van der Waals surface area contributed by atoms with E-state index in [4.69, 9.17) is 4.74 Å². The molecule has 0 aliphatic carbocycles. The molecule has 150 valence electrons. The standard InChI is InChI=1S/C19H23N3O4S2/c1-15(16-5-3-2-4-6-16)21-18(23)14-27-19-8-7-17(13-20-19)28(24,25)22-9-11-26-12-10-22/h2-8,13,15H,9-12,14H2,1H3,(H,21,23)/t15-/m1/s1. The second-order valence-electron chi connectivity index (χ2n) is 6.34. The van der Waals surface area contributed by atoms with Crippen molar-refractivity contribution >= 4 is 27.7 Å². The Balaban J connectivity index is 1.53. The number of nitrogens with zero attached hydrogens (tertiary/aromatic N) is 2. The van der Waals surface area contributed by atoms with Crippen LogP contribution < -0.4 is 5.32 Å². The summed E-state index contributed by atoms with van der Waals surface area (Å²) in [5.41, 5.74) is 1.04. The third kappa shape index (κ3) is 5.32. The van der Waals surface area contributed by atoms with Crippen molar-refractivity contribution in [2.45, 2.75) is 22.9 Å². The van der Waals surface area contributed by atoms with E-state index < -0.39 is 10.0 Å². The van der Waals surface area contributed by atoms with Crippen LogP contribution in [-0.2, 0) is 19.6 Å². The van der Waals surface area contributed by atoms with Crippen molar-refractivity contribution in [3.05, 3.63) is 54.2 Å². The molecule has 7 nitrogen and oxygen atoms in total. The summed E-state index contributed by atoms with van der Waals surface area (Å²) in [6.07, 6.45) is 1.34. The first-order valence-corrected chi connectivity index (χ1v) is 11.4. The van der Waals surface area contributed by atoms with Gasteiger partial charge in [-0.15, -0.1) is 0 Å². The highest BCUT2D eigenvalue weighted by Gasteiger charge is 2.26. The number of nitrogens with one attached hydrogen (secondary N) is 1. The number of morpholine rings is 1. The van der Waals surface area contributed by atoms with Crippen molar-refractivity contribution in [1.29, 1.82) is 0 Å². The van der Waals surface area contributed by atoms with Crippen LogP contribution >= 0.6 is 11.8 Å². The van der Waals surface area contributed by atoms with E-state index in [1.54, 1.807) is 6.07 Å². The molecule has 9 heteroatoms. The minimum Gasteiger partial charge on any atom is -0.379 e. The normalized spacial score (nSPS) is 16.5. The van der Waals surface area contributed by atoms with Crippen LogP contribution in [0.2, 0.25) is 0 Å². The number of benzene rings is 1. The summed E-state index contributed by atoms with van der Waals surface area (Å²) >= 11 is 1.27.